The van der Waals surface area contributed by atoms with E-state index in [9.17, 15) is 4.79 Å². The minimum atomic E-state index is -0.313. The summed E-state index contributed by atoms with van der Waals surface area (Å²) in [5.74, 6) is 0.167. The maximum Gasteiger partial charge on any atom is 0.275 e. The van der Waals surface area contributed by atoms with Crippen molar-refractivity contribution in [3.8, 4) is 0 Å². The molecule has 0 bridgehead atoms. The van der Waals surface area contributed by atoms with Crippen LogP contribution in [0.2, 0.25) is 0 Å². The molecule has 0 aliphatic carbocycles. The molecule has 0 aromatic carbocycles. The predicted molar refractivity (Wildman–Crippen MR) is 73.9 cm³/mol. The topological polar surface area (TPSA) is 96.7 Å². The van der Waals surface area contributed by atoms with Crippen LogP contribution in [0.15, 0.2) is 24.4 Å². The first-order valence-electron chi connectivity index (χ1n) is 5.95. The van der Waals surface area contributed by atoms with E-state index in [1.807, 2.05) is 6.07 Å². The molecule has 6 nitrogen and oxygen atoms in total. The van der Waals surface area contributed by atoms with Crippen LogP contribution in [0, 0.1) is 0 Å². The number of H-pyrrole nitrogens is 1. The van der Waals surface area contributed by atoms with Crippen LogP contribution < -0.4 is 11.1 Å². The van der Waals surface area contributed by atoms with Crippen LogP contribution in [0.3, 0.4) is 0 Å². The second kappa shape index (κ2) is 4.72. The molecule has 0 aliphatic rings. The molecule has 0 spiro atoms. The van der Waals surface area contributed by atoms with Crippen LogP contribution >= 0.6 is 0 Å². The van der Waals surface area contributed by atoms with E-state index in [0.717, 1.165) is 5.69 Å². The number of anilines is 2. The standard InChI is InChI=1S/C13H17N5O/c1-13(2,3)10-6-11(18-17-10)16-12(19)9-5-4-8(14)7-15-9/h4-7H,14H2,1-3H3,(H2,16,17,18,19). The molecule has 2 aromatic heterocycles. The molecule has 0 saturated heterocycles. The quantitative estimate of drug-likeness (QED) is 0.767. The maximum absolute atomic E-state index is 11.9. The number of nitrogens with one attached hydrogen (secondary N) is 2. The fourth-order valence-electron chi connectivity index (χ4n) is 1.49. The van der Waals surface area contributed by atoms with Gasteiger partial charge in [0.1, 0.15) is 5.69 Å². The molecule has 0 fully saturated rings. The summed E-state index contributed by atoms with van der Waals surface area (Å²) >= 11 is 0. The van der Waals surface area contributed by atoms with Crippen molar-refractivity contribution in [3.63, 3.8) is 0 Å². The van der Waals surface area contributed by atoms with Crippen molar-refractivity contribution in [3.05, 3.63) is 35.8 Å². The van der Waals surface area contributed by atoms with Gasteiger partial charge < -0.3 is 11.1 Å². The van der Waals surface area contributed by atoms with Gasteiger partial charge in [-0.15, -0.1) is 0 Å². The minimum Gasteiger partial charge on any atom is -0.397 e. The van der Waals surface area contributed by atoms with Gasteiger partial charge in [0.25, 0.3) is 5.91 Å². The SMILES string of the molecule is CC(C)(C)c1cc(NC(=O)c2ccc(N)cn2)n[nH]1. The lowest BCUT2D eigenvalue weighted by Crippen LogP contribution is -2.14. The molecule has 100 valence electrons. The van der Waals surface area contributed by atoms with Gasteiger partial charge in [0.15, 0.2) is 5.82 Å². The average Bonchev–Trinajstić information content (AvgIpc) is 2.78. The Kier molecular flexibility index (Phi) is 3.25. The number of hydrogen-bond donors (Lipinski definition) is 3. The van der Waals surface area contributed by atoms with Crippen LogP contribution in [-0.2, 0) is 5.41 Å². The zero-order valence-corrected chi connectivity index (χ0v) is 11.2. The highest BCUT2D eigenvalue weighted by molar-refractivity contribution is 6.02. The lowest BCUT2D eigenvalue weighted by atomic mass is 9.92. The summed E-state index contributed by atoms with van der Waals surface area (Å²) in [6.07, 6.45) is 1.44. The van der Waals surface area contributed by atoms with E-state index in [1.54, 1.807) is 12.1 Å². The van der Waals surface area contributed by atoms with E-state index in [4.69, 9.17) is 5.73 Å². The highest BCUT2D eigenvalue weighted by atomic mass is 16.1. The van der Waals surface area contributed by atoms with Crippen molar-refractivity contribution >= 4 is 17.4 Å². The highest BCUT2D eigenvalue weighted by Gasteiger charge is 2.17. The third kappa shape index (κ3) is 3.09. The molecular weight excluding hydrogens is 242 g/mol. The monoisotopic (exact) mass is 259 g/mol. The molecule has 0 aliphatic heterocycles. The van der Waals surface area contributed by atoms with E-state index >= 15 is 0 Å². The summed E-state index contributed by atoms with van der Waals surface area (Å²) in [5, 5.41) is 9.65. The van der Waals surface area contributed by atoms with Gasteiger partial charge in [-0.05, 0) is 12.1 Å². The Morgan fingerprint density at radius 2 is 2.11 bits per heavy atom. The molecule has 19 heavy (non-hydrogen) atoms. The number of aromatic amines is 1. The van der Waals surface area contributed by atoms with Crippen LogP contribution in [0.5, 0.6) is 0 Å². The van der Waals surface area contributed by atoms with Crippen molar-refractivity contribution in [2.45, 2.75) is 26.2 Å². The molecule has 0 radical (unpaired) electrons. The summed E-state index contributed by atoms with van der Waals surface area (Å²) in [4.78, 5) is 15.9. The van der Waals surface area contributed by atoms with Gasteiger partial charge in [0.2, 0.25) is 0 Å². The first-order chi connectivity index (χ1) is 8.86. The van der Waals surface area contributed by atoms with Crippen molar-refractivity contribution in [2.75, 3.05) is 11.1 Å². The Bertz CT molecular complexity index is 580. The molecule has 4 N–H and O–H groups in total. The Labute approximate surface area is 111 Å². The van der Waals surface area contributed by atoms with Gasteiger partial charge in [-0.25, -0.2) is 4.98 Å². The summed E-state index contributed by atoms with van der Waals surface area (Å²) in [5.41, 5.74) is 7.24. The van der Waals surface area contributed by atoms with Gasteiger partial charge >= 0.3 is 0 Å². The number of carbonyl (C=O) groups is 1. The van der Waals surface area contributed by atoms with Crippen molar-refractivity contribution in [2.24, 2.45) is 0 Å². The van der Waals surface area contributed by atoms with Gasteiger partial charge in [-0.2, -0.15) is 5.10 Å². The Morgan fingerprint density at radius 1 is 1.37 bits per heavy atom. The molecule has 2 aromatic rings. The van der Waals surface area contributed by atoms with Crippen molar-refractivity contribution in [1.29, 1.82) is 0 Å². The largest absolute Gasteiger partial charge is 0.397 e. The van der Waals surface area contributed by atoms with Crippen LogP contribution in [0.25, 0.3) is 0 Å². The third-order valence-corrected chi connectivity index (χ3v) is 2.65. The van der Waals surface area contributed by atoms with Crippen molar-refractivity contribution < 1.29 is 4.79 Å². The summed E-state index contributed by atoms with van der Waals surface area (Å²) in [7, 11) is 0. The van der Waals surface area contributed by atoms with Gasteiger partial charge in [-0.3, -0.25) is 9.89 Å². The molecule has 2 heterocycles. The molecule has 2 rings (SSSR count). The zero-order valence-electron chi connectivity index (χ0n) is 11.2. The third-order valence-electron chi connectivity index (χ3n) is 2.65. The second-order valence-corrected chi connectivity index (χ2v) is 5.35. The smallest absolute Gasteiger partial charge is 0.275 e. The molecule has 0 unspecified atom stereocenters. The van der Waals surface area contributed by atoms with Crippen LogP contribution in [0.1, 0.15) is 37.0 Å². The average molecular weight is 259 g/mol. The fourth-order valence-corrected chi connectivity index (χ4v) is 1.49. The van der Waals surface area contributed by atoms with Crippen LogP contribution in [-0.4, -0.2) is 21.1 Å². The second-order valence-electron chi connectivity index (χ2n) is 5.35. The Morgan fingerprint density at radius 3 is 2.63 bits per heavy atom. The highest BCUT2D eigenvalue weighted by Crippen LogP contribution is 2.22. The lowest BCUT2D eigenvalue weighted by molar-refractivity contribution is 0.102. The van der Waals surface area contributed by atoms with E-state index in [2.05, 4.69) is 41.3 Å². The number of pyridine rings is 1. The Hall–Kier alpha value is -2.37. The fraction of sp³-hybridized carbons (Fsp3) is 0.308. The number of nitrogens with two attached hydrogens (primary N) is 1. The summed E-state index contributed by atoms with van der Waals surface area (Å²) < 4.78 is 0. The number of rotatable bonds is 2. The van der Waals surface area contributed by atoms with E-state index in [-0.39, 0.29) is 11.3 Å². The first-order valence-corrected chi connectivity index (χ1v) is 5.95. The number of amides is 1. The van der Waals surface area contributed by atoms with Crippen LogP contribution in [0.4, 0.5) is 11.5 Å². The molecule has 6 heteroatoms. The Balaban J connectivity index is 2.11. The van der Waals surface area contributed by atoms with E-state index < -0.39 is 0 Å². The molecule has 1 amide bonds. The minimum absolute atomic E-state index is 0.0462. The zero-order chi connectivity index (χ0) is 14.0. The maximum atomic E-state index is 11.9. The summed E-state index contributed by atoms with van der Waals surface area (Å²) in [6.45, 7) is 6.19. The molecule has 0 atom stereocenters. The predicted octanol–water partition coefficient (Wildman–Crippen LogP) is 1.94. The molecule has 0 saturated carbocycles. The van der Waals surface area contributed by atoms with E-state index in [1.165, 1.54) is 6.20 Å². The van der Waals surface area contributed by atoms with Gasteiger partial charge in [0.05, 0.1) is 11.9 Å². The van der Waals surface area contributed by atoms with Gasteiger partial charge in [-0.1, -0.05) is 20.8 Å². The molecular formula is C13H17N5O. The summed E-state index contributed by atoms with van der Waals surface area (Å²) in [6, 6.07) is 5.02. The number of nitrogens with zero attached hydrogens (tertiary/aromatic N) is 2. The lowest BCUT2D eigenvalue weighted by Gasteiger charge is -2.14. The van der Waals surface area contributed by atoms with Gasteiger partial charge in [0, 0.05) is 17.2 Å². The number of nitrogen functional groups attached to an aromatic ring is 1. The normalized spacial score (nSPS) is 11.3. The first kappa shape index (κ1) is 13.1. The number of hydrogen-bond acceptors (Lipinski definition) is 4. The van der Waals surface area contributed by atoms with E-state index in [0.29, 0.717) is 17.2 Å². The number of carbonyl (C=O) groups excluding carboxylic acids is 1. The van der Waals surface area contributed by atoms with Crippen molar-refractivity contribution in [1.82, 2.24) is 15.2 Å². The number of aromatic nitrogens is 3.